The van der Waals surface area contributed by atoms with Gasteiger partial charge in [0.15, 0.2) is 0 Å². The molecular formula is C17H24N2O3S. The molecule has 0 bridgehead atoms. The van der Waals surface area contributed by atoms with E-state index < -0.39 is 5.60 Å². The van der Waals surface area contributed by atoms with Crippen LogP contribution >= 0.6 is 11.3 Å². The fraction of sp³-hybridized carbons (Fsp3) is 0.706. The van der Waals surface area contributed by atoms with Gasteiger partial charge in [0.2, 0.25) is 0 Å². The Morgan fingerprint density at radius 2 is 2.13 bits per heavy atom. The van der Waals surface area contributed by atoms with E-state index >= 15 is 0 Å². The van der Waals surface area contributed by atoms with Crippen LogP contribution in [0, 0.1) is 0 Å². The van der Waals surface area contributed by atoms with E-state index in [1.54, 1.807) is 11.3 Å². The van der Waals surface area contributed by atoms with Gasteiger partial charge in [0.05, 0.1) is 30.2 Å². The minimum atomic E-state index is -0.771. The van der Waals surface area contributed by atoms with Crippen LogP contribution in [-0.4, -0.2) is 72.4 Å². The highest BCUT2D eigenvalue weighted by Gasteiger charge is 2.40. The van der Waals surface area contributed by atoms with E-state index in [4.69, 9.17) is 4.74 Å². The molecule has 4 rings (SSSR count). The number of amides is 1. The fourth-order valence-electron chi connectivity index (χ4n) is 3.92. The van der Waals surface area contributed by atoms with E-state index in [9.17, 15) is 9.90 Å². The Kier molecular flexibility index (Phi) is 4.17. The second-order valence-corrected chi connectivity index (χ2v) is 8.14. The van der Waals surface area contributed by atoms with Gasteiger partial charge in [-0.25, -0.2) is 0 Å². The van der Waals surface area contributed by atoms with Crippen LogP contribution in [0.4, 0.5) is 0 Å². The van der Waals surface area contributed by atoms with E-state index in [1.807, 2.05) is 4.90 Å². The molecule has 0 radical (unpaired) electrons. The first-order valence-electron chi connectivity index (χ1n) is 8.56. The first-order chi connectivity index (χ1) is 11.1. The summed E-state index contributed by atoms with van der Waals surface area (Å²) in [5, 5.41) is 10.9. The number of aryl methyl sites for hydroxylation is 2. The molecule has 1 amide bonds. The molecule has 2 aliphatic heterocycles. The predicted octanol–water partition coefficient (Wildman–Crippen LogP) is 1.15. The molecule has 1 atom stereocenters. The standard InChI is InChI=1S/C17H24N2O3S/c20-16(15-10-13-2-1-3-14(13)23-15)19-5-4-17(21,12-19)11-18-6-8-22-9-7-18/h10,21H,1-9,11-12H2/t17-/m1/s1. The van der Waals surface area contributed by atoms with E-state index in [1.165, 1.54) is 16.9 Å². The zero-order valence-electron chi connectivity index (χ0n) is 13.4. The summed E-state index contributed by atoms with van der Waals surface area (Å²) in [5.74, 6) is 0.0994. The first kappa shape index (κ1) is 15.6. The Balaban J connectivity index is 1.39. The van der Waals surface area contributed by atoms with Crippen molar-refractivity contribution >= 4 is 17.2 Å². The van der Waals surface area contributed by atoms with Crippen molar-refractivity contribution in [2.24, 2.45) is 0 Å². The van der Waals surface area contributed by atoms with Crippen LogP contribution in [0.1, 0.15) is 33.0 Å². The summed E-state index contributed by atoms with van der Waals surface area (Å²) in [7, 11) is 0. The summed E-state index contributed by atoms with van der Waals surface area (Å²) < 4.78 is 5.36. The van der Waals surface area contributed by atoms with E-state index in [-0.39, 0.29) is 5.91 Å². The molecule has 23 heavy (non-hydrogen) atoms. The summed E-state index contributed by atoms with van der Waals surface area (Å²) in [6.07, 6.45) is 4.12. The van der Waals surface area contributed by atoms with Crippen LogP contribution in [0.3, 0.4) is 0 Å². The zero-order chi connectivity index (χ0) is 15.9. The lowest BCUT2D eigenvalue weighted by atomic mass is 10.0. The van der Waals surface area contributed by atoms with Crippen LogP contribution in [0.5, 0.6) is 0 Å². The number of ether oxygens (including phenoxy) is 1. The van der Waals surface area contributed by atoms with Gasteiger partial charge in [0, 0.05) is 31.1 Å². The maximum Gasteiger partial charge on any atom is 0.264 e. The number of thiophene rings is 1. The van der Waals surface area contributed by atoms with Crippen molar-refractivity contribution < 1.29 is 14.6 Å². The van der Waals surface area contributed by atoms with Gasteiger partial charge < -0.3 is 14.7 Å². The lowest BCUT2D eigenvalue weighted by molar-refractivity contribution is -0.0257. The average Bonchev–Trinajstić information content (AvgIpc) is 3.22. The minimum Gasteiger partial charge on any atom is -0.387 e. The third-order valence-corrected chi connectivity index (χ3v) is 6.42. The lowest BCUT2D eigenvalue weighted by Crippen LogP contribution is -2.49. The summed E-state index contributed by atoms with van der Waals surface area (Å²) in [6.45, 7) is 4.95. The maximum atomic E-state index is 12.7. The van der Waals surface area contributed by atoms with Gasteiger partial charge in [-0.15, -0.1) is 11.3 Å². The summed E-state index contributed by atoms with van der Waals surface area (Å²) in [5.41, 5.74) is 0.591. The average molecular weight is 336 g/mol. The molecule has 2 fully saturated rings. The molecule has 126 valence electrons. The Morgan fingerprint density at radius 1 is 1.30 bits per heavy atom. The Hall–Kier alpha value is -0.950. The lowest BCUT2D eigenvalue weighted by Gasteiger charge is -2.33. The number of aliphatic hydroxyl groups is 1. The molecule has 5 nitrogen and oxygen atoms in total. The molecule has 1 N–H and O–H groups in total. The number of hydrogen-bond donors (Lipinski definition) is 1. The molecule has 0 saturated carbocycles. The quantitative estimate of drug-likeness (QED) is 0.900. The van der Waals surface area contributed by atoms with E-state index in [0.717, 1.165) is 44.0 Å². The van der Waals surface area contributed by atoms with Crippen molar-refractivity contribution in [3.05, 3.63) is 21.4 Å². The van der Waals surface area contributed by atoms with Crippen molar-refractivity contribution in [3.8, 4) is 0 Å². The van der Waals surface area contributed by atoms with Crippen molar-refractivity contribution in [1.29, 1.82) is 0 Å². The summed E-state index contributed by atoms with van der Waals surface area (Å²) in [4.78, 5) is 19.0. The van der Waals surface area contributed by atoms with E-state index in [0.29, 0.717) is 26.1 Å². The van der Waals surface area contributed by atoms with Gasteiger partial charge in [-0.3, -0.25) is 9.69 Å². The monoisotopic (exact) mass is 336 g/mol. The highest BCUT2D eigenvalue weighted by Crippen LogP contribution is 2.32. The fourth-order valence-corrected chi connectivity index (χ4v) is 5.15. The number of nitrogens with zero attached hydrogens (tertiary/aromatic N) is 2. The molecule has 1 aliphatic carbocycles. The van der Waals surface area contributed by atoms with Crippen LogP contribution in [0.15, 0.2) is 6.07 Å². The summed E-state index contributed by atoms with van der Waals surface area (Å²) >= 11 is 1.65. The Bertz CT molecular complexity index is 575. The number of carbonyl (C=O) groups excluding carboxylic acids is 1. The van der Waals surface area contributed by atoms with Crippen LogP contribution < -0.4 is 0 Å². The molecule has 0 aromatic carbocycles. The van der Waals surface area contributed by atoms with Gasteiger partial charge in [0.1, 0.15) is 0 Å². The molecule has 1 aromatic heterocycles. The van der Waals surface area contributed by atoms with Crippen molar-refractivity contribution in [1.82, 2.24) is 9.80 Å². The minimum absolute atomic E-state index is 0.0994. The smallest absolute Gasteiger partial charge is 0.264 e. The Labute approximate surface area is 140 Å². The zero-order valence-corrected chi connectivity index (χ0v) is 14.2. The highest BCUT2D eigenvalue weighted by atomic mass is 32.1. The van der Waals surface area contributed by atoms with Gasteiger partial charge in [-0.2, -0.15) is 0 Å². The normalized spacial score (nSPS) is 28.3. The number of hydrogen-bond acceptors (Lipinski definition) is 5. The number of likely N-dealkylation sites (tertiary alicyclic amines) is 1. The van der Waals surface area contributed by atoms with E-state index in [2.05, 4.69) is 11.0 Å². The first-order valence-corrected chi connectivity index (χ1v) is 9.38. The Morgan fingerprint density at radius 3 is 2.91 bits per heavy atom. The van der Waals surface area contributed by atoms with Gasteiger partial charge in [-0.1, -0.05) is 0 Å². The molecule has 0 spiro atoms. The molecule has 3 aliphatic rings. The SMILES string of the molecule is O=C(c1cc2c(s1)CCC2)N1CC[C@@](O)(CN2CCOCC2)C1. The highest BCUT2D eigenvalue weighted by molar-refractivity contribution is 7.14. The summed E-state index contributed by atoms with van der Waals surface area (Å²) in [6, 6.07) is 2.08. The molecule has 1 aromatic rings. The number of β-amino-alcohol motifs (C(OH)–C–C–N with tert-alkyl or cyclic N) is 1. The second-order valence-electron chi connectivity index (χ2n) is 7.00. The van der Waals surface area contributed by atoms with Crippen LogP contribution in [0.2, 0.25) is 0 Å². The molecule has 3 heterocycles. The number of morpholine rings is 1. The van der Waals surface area contributed by atoms with Crippen LogP contribution in [0.25, 0.3) is 0 Å². The van der Waals surface area contributed by atoms with Gasteiger partial charge >= 0.3 is 0 Å². The van der Waals surface area contributed by atoms with Crippen molar-refractivity contribution in [3.63, 3.8) is 0 Å². The van der Waals surface area contributed by atoms with Crippen molar-refractivity contribution in [2.75, 3.05) is 45.9 Å². The number of fused-ring (bicyclic) bond motifs is 1. The number of carbonyl (C=O) groups is 1. The van der Waals surface area contributed by atoms with Gasteiger partial charge in [0.25, 0.3) is 5.91 Å². The van der Waals surface area contributed by atoms with Gasteiger partial charge in [-0.05, 0) is 37.3 Å². The molecule has 2 saturated heterocycles. The largest absolute Gasteiger partial charge is 0.387 e. The number of rotatable bonds is 3. The van der Waals surface area contributed by atoms with Crippen molar-refractivity contribution in [2.45, 2.75) is 31.3 Å². The van der Waals surface area contributed by atoms with Crippen LogP contribution in [-0.2, 0) is 17.6 Å². The third-order valence-electron chi connectivity index (χ3n) is 5.20. The molecule has 0 unspecified atom stereocenters. The second kappa shape index (κ2) is 6.16. The maximum absolute atomic E-state index is 12.7. The molecular weight excluding hydrogens is 312 g/mol. The third kappa shape index (κ3) is 3.18. The predicted molar refractivity (Wildman–Crippen MR) is 89.1 cm³/mol. The molecule has 6 heteroatoms. The topological polar surface area (TPSA) is 53.0 Å².